The molecule has 0 saturated carbocycles. The van der Waals surface area contributed by atoms with Crippen LogP contribution in [0.5, 0.6) is 0 Å². The zero-order valence-corrected chi connectivity index (χ0v) is 25.5. The molecule has 7 aromatic rings. The van der Waals surface area contributed by atoms with E-state index in [0.29, 0.717) is 0 Å². The van der Waals surface area contributed by atoms with Crippen LogP contribution < -0.4 is 4.67 Å². The van der Waals surface area contributed by atoms with Crippen molar-refractivity contribution in [1.82, 2.24) is 0 Å². The summed E-state index contributed by atoms with van der Waals surface area (Å²) in [4.78, 5) is 0. The number of anilines is 1. The van der Waals surface area contributed by atoms with E-state index in [9.17, 15) is 0 Å². The van der Waals surface area contributed by atoms with E-state index in [4.69, 9.17) is 8.39 Å². The third-order valence-electron chi connectivity index (χ3n) is 9.14. The Morgan fingerprint density at radius 1 is 0.674 bits per heavy atom. The van der Waals surface area contributed by atoms with E-state index in [2.05, 4.69) is 134 Å². The maximum Gasteiger partial charge on any atom is 0.342 e. The van der Waals surface area contributed by atoms with Gasteiger partial charge in [-0.25, -0.2) is 0 Å². The van der Waals surface area contributed by atoms with Crippen LogP contribution >= 0.6 is 8.16 Å². The second-order valence-electron chi connectivity index (χ2n) is 11.5. The zero-order valence-electron chi connectivity index (χ0n) is 24.6. The van der Waals surface area contributed by atoms with Crippen LogP contribution in [-0.2, 0) is 19.3 Å². The van der Waals surface area contributed by atoms with Crippen LogP contribution in [0.1, 0.15) is 48.6 Å². The van der Waals surface area contributed by atoms with Crippen LogP contribution in [0.4, 0.5) is 5.69 Å². The number of hydrogen-bond acceptors (Lipinski definition) is 3. The largest absolute Gasteiger partial charge is 0.404 e. The van der Waals surface area contributed by atoms with Gasteiger partial charge < -0.3 is 8.39 Å². The zero-order chi connectivity index (χ0) is 28.9. The molecule has 0 aliphatic carbocycles. The first-order valence-electron chi connectivity index (χ1n) is 15.4. The molecule has 0 saturated heterocycles. The van der Waals surface area contributed by atoms with Crippen molar-refractivity contribution in [3.05, 3.63) is 138 Å². The van der Waals surface area contributed by atoms with E-state index in [1.54, 1.807) is 0 Å². The molecule has 0 fully saturated rings. The highest BCUT2D eigenvalue weighted by Gasteiger charge is 2.33. The third kappa shape index (κ3) is 4.34. The molecule has 43 heavy (non-hydrogen) atoms. The predicted octanol–water partition coefficient (Wildman–Crippen LogP) is 11.7. The van der Waals surface area contributed by atoms with Gasteiger partial charge in [0.15, 0.2) is 0 Å². The molecular weight excluding hydrogens is 545 g/mol. The minimum Gasteiger partial charge on any atom is -0.404 e. The molecule has 0 spiro atoms. The van der Waals surface area contributed by atoms with E-state index in [1.807, 2.05) is 0 Å². The van der Waals surface area contributed by atoms with E-state index in [1.165, 1.54) is 49.5 Å². The smallest absolute Gasteiger partial charge is 0.342 e. The molecule has 6 aromatic carbocycles. The molecule has 1 aromatic heterocycles. The Bertz CT molecular complexity index is 2100. The molecule has 1 aliphatic heterocycles. The first-order chi connectivity index (χ1) is 21.2. The van der Waals surface area contributed by atoms with Gasteiger partial charge in [-0.1, -0.05) is 111 Å². The van der Waals surface area contributed by atoms with Crippen molar-refractivity contribution in [2.75, 3.05) is 4.67 Å². The molecule has 8 rings (SSSR count). The summed E-state index contributed by atoms with van der Waals surface area (Å²) < 4.78 is 16.7. The average Bonchev–Trinajstić information content (AvgIpc) is 3.24. The first-order valence-corrected chi connectivity index (χ1v) is 16.5. The lowest BCUT2D eigenvalue weighted by Gasteiger charge is -2.37. The molecule has 4 heteroatoms. The topological polar surface area (TPSA) is 29.5 Å². The van der Waals surface area contributed by atoms with Crippen molar-refractivity contribution < 1.29 is 8.39 Å². The number of nitrogens with zero attached hydrogens (tertiary/aromatic N) is 1. The minimum atomic E-state index is -1.55. The summed E-state index contributed by atoms with van der Waals surface area (Å²) in [6.07, 6.45) is 4.08. The molecule has 1 atom stereocenters. The lowest BCUT2D eigenvalue weighted by Crippen LogP contribution is -2.27. The number of fused-ring (bicyclic) bond motifs is 8. The summed E-state index contributed by atoms with van der Waals surface area (Å²) in [6.45, 7) is 4.50. The Labute approximate surface area is 253 Å². The Kier molecular flexibility index (Phi) is 6.50. The maximum atomic E-state index is 7.13. The monoisotopic (exact) mass is 579 g/mol. The number of para-hydroxylation sites is 1. The minimum absolute atomic E-state index is 0.146. The SMILES string of the molecule is CCc1ccc([C@@H]2CCc3ccccc3N2p2oc3ccc4ccccc4c3c3c(ccc4ccccc43)o2)c(CC)c1. The standard InChI is InChI=1S/C39H34NO2P/c1-3-26-17-21-31(27(4-2)25-26)35-22-18-30-13-7-10-16-34(30)40(35)43-41-36-23-19-28-11-5-8-14-32(28)38(36)39-33-15-9-6-12-29(33)20-24-37(39)42-43/h5-17,19-21,23-25,35H,3-4,18,22H2,1-2H3/t35-/m0/s1. The van der Waals surface area contributed by atoms with Gasteiger partial charge in [0.1, 0.15) is 11.2 Å². The van der Waals surface area contributed by atoms with Crippen LogP contribution in [0, 0.1) is 0 Å². The second-order valence-corrected chi connectivity index (χ2v) is 12.8. The van der Waals surface area contributed by atoms with Gasteiger partial charge >= 0.3 is 8.16 Å². The lowest BCUT2D eigenvalue weighted by molar-refractivity contribution is 0.574. The first kappa shape index (κ1) is 26.2. The normalized spacial score (nSPS) is 14.9. The third-order valence-corrected chi connectivity index (χ3v) is 10.7. The van der Waals surface area contributed by atoms with Crippen molar-refractivity contribution in [3.63, 3.8) is 0 Å². The second kappa shape index (κ2) is 10.7. The van der Waals surface area contributed by atoms with Gasteiger partial charge in [0.2, 0.25) is 0 Å². The van der Waals surface area contributed by atoms with Crippen molar-refractivity contribution in [3.8, 4) is 0 Å². The fraction of sp³-hybridized carbons (Fsp3) is 0.179. The van der Waals surface area contributed by atoms with Crippen molar-refractivity contribution in [1.29, 1.82) is 0 Å². The molecule has 2 heterocycles. The summed E-state index contributed by atoms with van der Waals surface area (Å²) >= 11 is 0. The highest BCUT2D eigenvalue weighted by Crippen LogP contribution is 2.52. The molecular formula is C39H34NO2P. The number of benzene rings is 6. The van der Waals surface area contributed by atoms with Crippen LogP contribution in [0.2, 0.25) is 0 Å². The lowest BCUT2D eigenvalue weighted by atomic mass is 9.89. The van der Waals surface area contributed by atoms with Gasteiger partial charge in [0.25, 0.3) is 0 Å². The number of aryl methyl sites for hydroxylation is 3. The molecule has 1 aliphatic rings. The highest BCUT2D eigenvalue weighted by molar-refractivity contribution is 7.39. The molecule has 0 bridgehead atoms. The molecule has 0 N–H and O–H groups in total. The summed E-state index contributed by atoms with van der Waals surface area (Å²) in [5, 5.41) is 6.96. The number of hydrogen-bond donors (Lipinski definition) is 0. The van der Waals surface area contributed by atoms with Gasteiger partial charge in [-0.05, 0) is 87.7 Å². The van der Waals surface area contributed by atoms with Crippen LogP contribution in [0.25, 0.3) is 43.5 Å². The molecule has 0 amide bonds. The van der Waals surface area contributed by atoms with Gasteiger partial charge in [-0.15, -0.1) is 0 Å². The summed E-state index contributed by atoms with van der Waals surface area (Å²) in [5.74, 6) is 0. The van der Waals surface area contributed by atoms with Crippen molar-refractivity contribution >= 4 is 57.3 Å². The van der Waals surface area contributed by atoms with Crippen LogP contribution in [0.3, 0.4) is 0 Å². The number of rotatable bonds is 4. The average molecular weight is 580 g/mol. The summed E-state index contributed by atoms with van der Waals surface area (Å²) in [5.41, 5.74) is 8.48. The van der Waals surface area contributed by atoms with Crippen LogP contribution in [0.15, 0.2) is 124 Å². The molecule has 3 nitrogen and oxygen atoms in total. The van der Waals surface area contributed by atoms with Gasteiger partial charge in [0.05, 0.1) is 11.7 Å². The molecule has 212 valence electrons. The fourth-order valence-corrected chi connectivity index (χ4v) is 8.67. The van der Waals surface area contributed by atoms with E-state index >= 15 is 0 Å². The maximum absolute atomic E-state index is 7.13. The quantitative estimate of drug-likeness (QED) is 0.208. The Morgan fingerprint density at radius 2 is 1.30 bits per heavy atom. The predicted molar refractivity (Wildman–Crippen MR) is 182 cm³/mol. The molecule has 0 radical (unpaired) electrons. The van der Waals surface area contributed by atoms with E-state index in [0.717, 1.165) is 47.6 Å². The van der Waals surface area contributed by atoms with E-state index in [-0.39, 0.29) is 6.04 Å². The van der Waals surface area contributed by atoms with Gasteiger partial charge in [-0.2, -0.15) is 0 Å². The van der Waals surface area contributed by atoms with Crippen molar-refractivity contribution in [2.24, 2.45) is 0 Å². The fourth-order valence-electron chi connectivity index (χ4n) is 6.97. The van der Waals surface area contributed by atoms with Gasteiger partial charge in [-0.3, -0.25) is 4.67 Å². The van der Waals surface area contributed by atoms with Gasteiger partial charge in [0, 0.05) is 10.8 Å². The molecule has 0 unspecified atom stereocenters. The van der Waals surface area contributed by atoms with Crippen LogP contribution in [-0.4, -0.2) is 0 Å². The summed E-state index contributed by atoms with van der Waals surface area (Å²) in [7, 11) is -1.55. The summed E-state index contributed by atoms with van der Waals surface area (Å²) in [6, 6.07) is 41.9. The Morgan fingerprint density at radius 3 is 1.95 bits per heavy atom. The Balaban J connectivity index is 1.49. The Hall–Kier alpha value is -4.46. The van der Waals surface area contributed by atoms with Crippen molar-refractivity contribution in [2.45, 2.75) is 45.6 Å². The highest BCUT2D eigenvalue weighted by atomic mass is 31.1. The van der Waals surface area contributed by atoms with E-state index < -0.39 is 8.16 Å².